The largest absolute Gasteiger partial charge is 0.542 e. The van der Waals surface area contributed by atoms with Crippen molar-refractivity contribution in [2.45, 2.75) is 31.2 Å². The van der Waals surface area contributed by atoms with E-state index in [1.165, 1.54) is 0 Å². The average molecular weight is 356 g/mol. The number of halogens is 6. The summed E-state index contributed by atoms with van der Waals surface area (Å²) in [6.07, 6.45) is -9.26. The Morgan fingerprint density at radius 2 is 1.48 bits per heavy atom. The van der Waals surface area contributed by atoms with Crippen LogP contribution in [-0.2, 0) is 19.2 Å². The predicted molar refractivity (Wildman–Crippen MR) is 53.8 cm³/mol. The number of nitrogens with one attached hydrogen (secondary N) is 1. The van der Waals surface area contributed by atoms with Crippen LogP contribution in [0.3, 0.4) is 0 Å². The summed E-state index contributed by atoms with van der Waals surface area (Å²) in [5, 5.41) is 18.1. The third-order valence-corrected chi connectivity index (χ3v) is 1.83. The maximum atomic E-state index is 10.6. The molecule has 1 fully saturated rings. The van der Waals surface area contributed by atoms with Crippen LogP contribution in [0.2, 0.25) is 0 Å². The van der Waals surface area contributed by atoms with E-state index in [-0.39, 0.29) is 17.9 Å². The molecule has 1 unspecified atom stereocenters. The van der Waals surface area contributed by atoms with Crippen molar-refractivity contribution in [3.8, 4) is 0 Å². The molecule has 0 saturated carbocycles. The fourth-order valence-electron chi connectivity index (χ4n) is 0.738. The third-order valence-electron chi connectivity index (χ3n) is 1.83. The molecule has 0 spiro atoms. The molecule has 1 aliphatic rings. The van der Waals surface area contributed by atoms with E-state index in [1.54, 1.807) is 0 Å². The number of carboxylic acid groups (broad SMARTS) is 2. The predicted octanol–water partition coefficient (Wildman–Crippen LogP) is -2.03. The Morgan fingerprint density at radius 3 is 1.65 bits per heavy atom. The molecule has 8 nitrogen and oxygen atoms in total. The van der Waals surface area contributed by atoms with Crippen molar-refractivity contribution in [1.29, 1.82) is 0 Å². The second-order valence-electron chi connectivity index (χ2n) is 3.74. The van der Waals surface area contributed by atoms with E-state index in [1.807, 2.05) is 0 Å². The van der Waals surface area contributed by atoms with Crippen molar-refractivity contribution in [2.24, 2.45) is 0 Å². The van der Waals surface area contributed by atoms with E-state index in [9.17, 15) is 35.9 Å². The quantitative estimate of drug-likeness (QED) is 0.336. The molecule has 0 aromatic rings. The number of alkyl halides is 6. The maximum absolute atomic E-state index is 10.6. The Bertz CT molecular complexity index is 436. The van der Waals surface area contributed by atoms with Gasteiger partial charge in [-0.1, -0.05) is 0 Å². The van der Waals surface area contributed by atoms with Crippen molar-refractivity contribution in [3.05, 3.63) is 0 Å². The highest BCUT2D eigenvalue weighted by Crippen LogP contribution is 2.13. The summed E-state index contributed by atoms with van der Waals surface area (Å²) in [4.78, 5) is 38.7. The summed E-state index contributed by atoms with van der Waals surface area (Å²) in [5.41, 5.74) is 3.55. The van der Waals surface area contributed by atoms with E-state index in [0.717, 1.165) is 0 Å². The number of amides is 2. The van der Waals surface area contributed by atoms with Gasteiger partial charge in [0.2, 0.25) is 5.91 Å². The fourth-order valence-corrected chi connectivity index (χ4v) is 0.738. The highest BCUT2D eigenvalue weighted by atomic mass is 19.4. The first-order chi connectivity index (χ1) is 10.1. The Kier molecular flexibility index (Phi) is 8.88. The van der Waals surface area contributed by atoms with Crippen LogP contribution in [0.25, 0.3) is 0 Å². The summed E-state index contributed by atoms with van der Waals surface area (Å²) >= 11 is 0. The van der Waals surface area contributed by atoms with Gasteiger partial charge in [-0.15, -0.1) is 0 Å². The molecule has 23 heavy (non-hydrogen) atoms. The molecule has 5 N–H and O–H groups in total. The number of carbonyl (C=O) groups excluding carboxylic acids is 3. The number of aliphatic carboxylic acids is 2. The zero-order valence-electron chi connectivity index (χ0n) is 11.0. The van der Waals surface area contributed by atoms with Gasteiger partial charge in [-0.05, 0) is 0 Å². The Balaban J connectivity index is 0. The molecule has 1 heterocycles. The Labute approximate surface area is 123 Å². The zero-order chi connectivity index (χ0) is 19.0. The van der Waals surface area contributed by atoms with Crippen LogP contribution in [0, 0.1) is 0 Å². The monoisotopic (exact) mass is 356 g/mol. The first-order valence-corrected chi connectivity index (χ1v) is 5.34. The second kappa shape index (κ2) is 8.92. The molecule has 0 aromatic carbocycles. The summed E-state index contributed by atoms with van der Waals surface area (Å²) in [6, 6.07) is -0.234. The number of quaternary nitrogens is 1. The topological polar surface area (TPSA) is 151 Å². The van der Waals surface area contributed by atoms with Crippen LogP contribution in [0.1, 0.15) is 12.8 Å². The van der Waals surface area contributed by atoms with E-state index in [4.69, 9.17) is 19.8 Å². The molecular weight excluding hydrogens is 346 g/mol. The van der Waals surface area contributed by atoms with E-state index >= 15 is 0 Å². The molecule has 1 aliphatic heterocycles. The molecule has 1 rings (SSSR count). The molecule has 0 aromatic heterocycles. The lowest BCUT2D eigenvalue weighted by Crippen LogP contribution is -2.69. The lowest BCUT2D eigenvalue weighted by molar-refractivity contribution is -0.405. The van der Waals surface area contributed by atoms with Gasteiger partial charge >= 0.3 is 18.3 Å². The average Bonchev–Trinajstić information content (AvgIpc) is 2.33. The van der Waals surface area contributed by atoms with Crippen molar-refractivity contribution in [1.82, 2.24) is 5.32 Å². The minimum Gasteiger partial charge on any atom is -0.542 e. The van der Waals surface area contributed by atoms with Gasteiger partial charge in [0, 0.05) is 12.8 Å². The molecule has 2 amide bonds. The normalized spacial score (nSPS) is 17.8. The zero-order valence-corrected chi connectivity index (χ0v) is 11.0. The number of carbonyl (C=O) groups is 4. The van der Waals surface area contributed by atoms with Gasteiger partial charge in [0.1, 0.15) is 5.97 Å². The van der Waals surface area contributed by atoms with Crippen LogP contribution in [0.15, 0.2) is 0 Å². The fraction of sp³-hybridized carbons (Fsp3) is 0.556. The van der Waals surface area contributed by atoms with Crippen LogP contribution >= 0.6 is 0 Å². The van der Waals surface area contributed by atoms with Gasteiger partial charge in [-0.3, -0.25) is 14.9 Å². The minimum atomic E-state index is -5.19. The summed E-state index contributed by atoms with van der Waals surface area (Å²) in [7, 11) is 0. The molecule has 1 atom stereocenters. The lowest BCUT2D eigenvalue weighted by Gasteiger charge is -2.12. The van der Waals surface area contributed by atoms with Gasteiger partial charge < -0.3 is 20.7 Å². The van der Waals surface area contributed by atoms with Gasteiger partial charge in [0.15, 0.2) is 6.04 Å². The molecular formula is C9H10F6N2O6. The molecule has 134 valence electrons. The standard InChI is InChI=1S/C5H8N2O2.2C2HF3O2/c6-3-1-2-4(8)7-5(3)9;2*3-2(4,5)1(6)7/h3H,1-2,6H2,(H,7,8,9);2*(H,6,7). The highest BCUT2D eigenvalue weighted by Gasteiger charge is 2.38. The molecule has 0 radical (unpaired) electrons. The molecule has 1 saturated heterocycles. The highest BCUT2D eigenvalue weighted by molar-refractivity contribution is 5.99. The first-order valence-electron chi connectivity index (χ1n) is 5.34. The molecule has 0 aliphatic carbocycles. The van der Waals surface area contributed by atoms with Gasteiger partial charge in [-0.25, -0.2) is 4.79 Å². The Morgan fingerprint density at radius 1 is 1.13 bits per heavy atom. The maximum Gasteiger partial charge on any atom is 0.490 e. The number of piperidine rings is 1. The number of hydrogen-bond acceptors (Lipinski definition) is 5. The second-order valence-corrected chi connectivity index (χ2v) is 3.74. The van der Waals surface area contributed by atoms with Crippen LogP contribution in [-0.4, -0.2) is 47.3 Å². The number of carboxylic acids is 2. The Hall–Kier alpha value is -2.38. The SMILES string of the molecule is O=C(O)C(F)(F)F.O=C([O-])C(F)(F)F.[NH3+]C1CCC(=O)NC1=O. The molecule has 0 bridgehead atoms. The van der Waals surface area contributed by atoms with Crippen LogP contribution in [0.4, 0.5) is 26.3 Å². The number of hydrogen-bond donors (Lipinski definition) is 3. The minimum absolute atomic E-state index is 0.181. The third kappa shape index (κ3) is 11.9. The van der Waals surface area contributed by atoms with Crippen molar-refractivity contribution >= 4 is 23.8 Å². The lowest BCUT2D eigenvalue weighted by atomic mass is 10.1. The van der Waals surface area contributed by atoms with Crippen molar-refractivity contribution in [2.75, 3.05) is 0 Å². The van der Waals surface area contributed by atoms with Crippen LogP contribution < -0.4 is 16.2 Å². The van der Waals surface area contributed by atoms with Crippen molar-refractivity contribution in [3.63, 3.8) is 0 Å². The van der Waals surface area contributed by atoms with E-state index in [2.05, 4.69) is 11.1 Å². The first kappa shape index (κ1) is 22.9. The summed E-state index contributed by atoms with van der Waals surface area (Å²) < 4.78 is 63.3. The summed E-state index contributed by atoms with van der Waals surface area (Å²) in [6.45, 7) is 0. The summed E-state index contributed by atoms with van der Waals surface area (Å²) in [5.74, 6) is -6.19. The van der Waals surface area contributed by atoms with E-state index in [0.29, 0.717) is 12.8 Å². The van der Waals surface area contributed by atoms with Crippen LogP contribution in [0.5, 0.6) is 0 Å². The van der Waals surface area contributed by atoms with Gasteiger partial charge in [0.05, 0.1) is 0 Å². The van der Waals surface area contributed by atoms with E-state index < -0.39 is 24.3 Å². The number of rotatable bonds is 0. The van der Waals surface area contributed by atoms with Gasteiger partial charge in [0.25, 0.3) is 5.91 Å². The number of imide groups is 1. The van der Waals surface area contributed by atoms with Crippen molar-refractivity contribution < 1.29 is 61.5 Å². The smallest absolute Gasteiger partial charge is 0.490 e. The molecule has 14 heteroatoms. The van der Waals surface area contributed by atoms with Gasteiger partial charge in [-0.2, -0.15) is 26.3 Å².